The summed E-state index contributed by atoms with van der Waals surface area (Å²) in [6.45, 7) is 1.37. The van der Waals surface area contributed by atoms with Crippen LogP contribution in [0.4, 0.5) is 62.6 Å². The van der Waals surface area contributed by atoms with Gasteiger partial charge in [0.1, 0.15) is 33.1 Å². The third-order valence-electron chi connectivity index (χ3n) is 13.7. The van der Waals surface area contributed by atoms with E-state index in [2.05, 4.69) is 0 Å². The van der Waals surface area contributed by atoms with Crippen LogP contribution < -0.4 is 0 Å². The van der Waals surface area contributed by atoms with Gasteiger partial charge in [0.2, 0.25) is 0 Å². The fourth-order valence-corrected chi connectivity index (χ4v) is 9.67. The zero-order valence-electron chi connectivity index (χ0n) is 44.4. The molecule has 0 aliphatic heterocycles. The third kappa shape index (κ3) is 10.7. The molecule has 39 heteroatoms. The highest BCUT2D eigenvalue weighted by atomic mass is 16.7. The van der Waals surface area contributed by atoms with Crippen LogP contribution in [0.5, 0.6) is 0 Å². The minimum atomic E-state index is -1.16. The fraction of sp³-hybridized carbons (Fsp3) is 0.0588. The van der Waals surface area contributed by atoms with Crippen LogP contribution in [0.15, 0.2) is 109 Å². The van der Waals surface area contributed by atoms with E-state index in [1.807, 2.05) is 0 Å². The minimum Gasteiger partial charge on any atom is -0.258 e. The molecule has 7 aromatic carbocycles. The molecule has 3 aromatic heterocycles. The SMILES string of the molecule is Cc1ccc(-c2nc3c4nc(Cc5ccc([N+](=O)[O-])c([N+](=O)[O-])c5)c(Cc5ccc([N+](=O)[O-])c([N+](=O)[O-])c5)nc4c4nc(-c5ccc([N+](=O)[O-])c([N+](=O)[O-])c5)c(-c5ccc([N+](=O)[O-])c([N+](=O)[O-])c5)nc4c3nc2-c2ccc([N+](=O)[O-])c([N+](=O)[O-])c2)cc1[N+](=O)[O-]. The molecule has 0 bridgehead atoms. The van der Waals surface area contributed by atoms with Crippen molar-refractivity contribution in [3.8, 4) is 45.0 Å². The van der Waals surface area contributed by atoms with Gasteiger partial charge >= 0.3 is 56.9 Å². The van der Waals surface area contributed by atoms with Crippen LogP contribution in [-0.4, -0.2) is 84.1 Å². The molecular weight excluding hydrogens is 1200 g/mol. The van der Waals surface area contributed by atoms with Gasteiger partial charge in [-0.1, -0.05) is 24.3 Å². The number of nitrogens with zero attached hydrogens (tertiary/aromatic N) is 17. The summed E-state index contributed by atoms with van der Waals surface area (Å²) in [5, 5.41) is 135. The summed E-state index contributed by atoms with van der Waals surface area (Å²) in [4.78, 5) is 152. The van der Waals surface area contributed by atoms with E-state index in [9.17, 15) is 111 Å². The Morgan fingerprint density at radius 3 is 0.722 bits per heavy atom. The van der Waals surface area contributed by atoms with Crippen molar-refractivity contribution >= 4 is 95.7 Å². The molecule has 0 unspecified atom stereocenters. The molecule has 3 heterocycles. The molecule has 0 radical (unpaired) electrons. The normalized spacial score (nSPS) is 11.1. The van der Waals surface area contributed by atoms with E-state index in [0.29, 0.717) is 30.3 Å². The average molecular weight is 1230 g/mol. The summed E-state index contributed by atoms with van der Waals surface area (Å²) in [7, 11) is 0. The Hall–Kier alpha value is -14.0. The lowest BCUT2D eigenvalue weighted by Gasteiger charge is -2.17. The van der Waals surface area contributed by atoms with Crippen molar-refractivity contribution in [3.63, 3.8) is 0 Å². The summed E-state index contributed by atoms with van der Waals surface area (Å²) in [5.41, 5.74) is -18.0. The number of nitro groups is 11. The summed E-state index contributed by atoms with van der Waals surface area (Å²) in [6.07, 6.45) is -1.20. The standard InChI is InChI=1S/C51H25N17O22/c1-22-2-5-25(18-36(22)63(79)80)42-43(26-6-11-33(60(73)74)39(19-26)66(85)86)56-50-48(54-42)46-47(53-30(15-24-4-10-32(59(71)72)38(17-24)65(83)84)29(52-46)14-23-3-9-31(58(69)70)37(16-23)64(81)82)49-51(50)57-45(28-8-13-35(62(77)78)41(21-28)68(89)90)44(55-49)27-7-12-34(61(75)76)40(20-27)67(87)88/h2-13,16-21H,14-15H2,1H3. The molecule has 10 aromatic rings. The number of fused-ring (bicyclic) bond motifs is 6. The van der Waals surface area contributed by atoms with Gasteiger partial charge in [0, 0.05) is 107 Å². The van der Waals surface area contributed by atoms with E-state index < -0.39 is 197 Å². The predicted molar refractivity (Wildman–Crippen MR) is 304 cm³/mol. The molecule has 0 saturated carbocycles. The quantitative estimate of drug-likeness (QED) is 0.0412. The van der Waals surface area contributed by atoms with E-state index in [0.717, 1.165) is 66.7 Å². The van der Waals surface area contributed by atoms with Crippen LogP contribution in [0.2, 0.25) is 0 Å². The third-order valence-corrected chi connectivity index (χ3v) is 13.7. The van der Waals surface area contributed by atoms with Crippen molar-refractivity contribution in [2.24, 2.45) is 0 Å². The van der Waals surface area contributed by atoms with Crippen LogP contribution in [0.3, 0.4) is 0 Å². The molecule has 90 heavy (non-hydrogen) atoms. The number of hydrogen-bond donors (Lipinski definition) is 0. The highest BCUT2D eigenvalue weighted by Gasteiger charge is 2.34. The molecule has 0 saturated heterocycles. The lowest BCUT2D eigenvalue weighted by atomic mass is 9.99. The van der Waals surface area contributed by atoms with Crippen LogP contribution in [0.25, 0.3) is 78.1 Å². The second kappa shape index (κ2) is 22.5. The van der Waals surface area contributed by atoms with Gasteiger partial charge in [-0.3, -0.25) is 111 Å². The molecule has 10 rings (SSSR count). The van der Waals surface area contributed by atoms with Gasteiger partial charge in [-0.25, -0.2) is 29.9 Å². The Labute approximate surface area is 491 Å². The average Bonchev–Trinajstić information content (AvgIpc) is 0.719. The number of aromatic nitrogens is 6. The van der Waals surface area contributed by atoms with Crippen molar-refractivity contribution in [3.05, 3.63) is 249 Å². The number of aryl methyl sites for hydroxylation is 1. The molecule has 0 aliphatic rings. The lowest BCUT2D eigenvalue weighted by molar-refractivity contribution is -0.422. The number of nitro benzene ring substituents is 11. The first-order valence-electron chi connectivity index (χ1n) is 24.8. The Balaban J connectivity index is 1.45. The smallest absolute Gasteiger partial charge is 0.258 e. The monoisotopic (exact) mass is 1230 g/mol. The lowest BCUT2D eigenvalue weighted by Crippen LogP contribution is -2.09. The number of hydrogen-bond acceptors (Lipinski definition) is 28. The first-order chi connectivity index (χ1) is 42.6. The second-order valence-electron chi connectivity index (χ2n) is 19.0. The summed E-state index contributed by atoms with van der Waals surface area (Å²) >= 11 is 0. The molecule has 0 N–H and O–H groups in total. The zero-order valence-corrected chi connectivity index (χ0v) is 44.4. The number of rotatable bonds is 19. The van der Waals surface area contributed by atoms with Crippen LogP contribution in [0.1, 0.15) is 28.1 Å². The Bertz CT molecular complexity index is 5030. The molecule has 0 atom stereocenters. The van der Waals surface area contributed by atoms with E-state index in [1.54, 1.807) is 0 Å². The van der Waals surface area contributed by atoms with Crippen molar-refractivity contribution in [2.45, 2.75) is 19.8 Å². The van der Waals surface area contributed by atoms with Gasteiger partial charge in [-0.05, 0) is 36.2 Å². The minimum absolute atomic E-state index is 0.0913. The van der Waals surface area contributed by atoms with Gasteiger partial charge in [-0.2, -0.15) is 0 Å². The second-order valence-corrected chi connectivity index (χ2v) is 19.0. The van der Waals surface area contributed by atoms with Gasteiger partial charge in [0.15, 0.2) is 0 Å². The highest BCUT2D eigenvalue weighted by Crippen LogP contribution is 2.44. The molecular formula is C51H25N17O22. The maximum Gasteiger partial charge on any atom is 0.346 e. The fourth-order valence-electron chi connectivity index (χ4n) is 9.67. The van der Waals surface area contributed by atoms with Crippen molar-refractivity contribution in [1.29, 1.82) is 0 Å². The van der Waals surface area contributed by atoms with Crippen LogP contribution in [0, 0.1) is 118 Å². The Morgan fingerprint density at radius 1 is 0.256 bits per heavy atom. The van der Waals surface area contributed by atoms with E-state index >= 15 is 0 Å². The van der Waals surface area contributed by atoms with Crippen LogP contribution in [-0.2, 0) is 12.8 Å². The Kier molecular flexibility index (Phi) is 14.8. The number of benzene rings is 7. The highest BCUT2D eigenvalue weighted by molar-refractivity contribution is 6.19. The molecule has 0 amide bonds. The van der Waals surface area contributed by atoms with Crippen LogP contribution >= 0.6 is 0 Å². The molecule has 446 valence electrons. The van der Waals surface area contributed by atoms with Crippen molar-refractivity contribution in [1.82, 2.24) is 29.9 Å². The summed E-state index contributed by atoms with van der Waals surface area (Å²) in [5.74, 6) is 0. The maximum absolute atomic E-state index is 12.5. The molecule has 39 nitrogen and oxygen atoms in total. The van der Waals surface area contributed by atoms with Gasteiger partial charge in [-0.15, -0.1) is 0 Å². The van der Waals surface area contributed by atoms with E-state index in [-0.39, 0.29) is 39.2 Å². The largest absolute Gasteiger partial charge is 0.346 e. The summed E-state index contributed by atoms with van der Waals surface area (Å²) < 4.78 is 0. The molecule has 0 aliphatic carbocycles. The van der Waals surface area contributed by atoms with Gasteiger partial charge < -0.3 is 0 Å². The summed E-state index contributed by atoms with van der Waals surface area (Å²) in [6, 6.07) is 16.0. The van der Waals surface area contributed by atoms with E-state index in [4.69, 9.17) is 29.9 Å². The van der Waals surface area contributed by atoms with E-state index in [1.165, 1.54) is 19.1 Å². The molecule has 0 spiro atoms. The topological polar surface area (TPSA) is 552 Å². The predicted octanol–water partition coefficient (Wildman–Crippen LogP) is 10.7. The van der Waals surface area contributed by atoms with Crippen molar-refractivity contribution < 1.29 is 54.2 Å². The maximum atomic E-state index is 12.5. The first-order valence-corrected chi connectivity index (χ1v) is 24.8. The zero-order chi connectivity index (χ0) is 65.1. The van der Waals surface area contributed by atoms with Crippen molar-refractivity contribution in [2.75, 3.05) is 0 Å². The Morgan fingerprint density at radius 2 is 0.467 bits per heavy atom. The first kappa shape index (κ1) is 59.1. The molecule has 0 fully saturated rings. The van der Waals surface area contributed by atoms with Gasteiger partial charge in [0.05, 0.1) is 88.3 Å². The van der Waals surface area contributed by atoms with Gasteiger partial charge in [0.25, 0.3) is 5.69 Å².